The third kappa shape index (κ3) is 29.7. The van der Waals surface area contributed by atoms with Crippen molar-refractivity contribution in [1.82, 2.24) is 53.2 Å². The summed E-state index contributed by atoms with van der Waals surface area (Å²) in [7, 11) is 1.03. The van der Waals surface area contributed by atoms with E-state index in [1.165, 1.54) is 6.92 Å². The van der Waals surface area contributed by atoms with Crippen molar-refractivity contribution in [2.24, 2.45) is 17.2 Å². The van der Waals surface area contributed by atoms with E-state index < -0.39 is 194 Å². The highest BCUT2D eigenvalue weighted by atomic mass is 35.5. The molecule has 0 aromatic carbocycles. The predicted molar refractivity (Wildman–Crippen MR) is 313 cm³/mol. The number of unbranched alkanes of at least 4 members (excludes halogenated alkanes) is 9. The van der Waals surface area contributed by atoms with Gasteiger partial charge in [0.1, 0.15) is 61.1 Å². The number of carbonyl (C=O) groups is 13. The van der Waals surface area contributed by atoms with Crippen molar-refractivity contribution in [3.05, 3.63) is 11.8 Å². The summed E-state index contributed by atoms with van der Waals surface area (Å²) in [6.07, 6.45) is -0.390. The SMILES string of the molecule is C/C=C1\NC(=O)[C@H]([C@H](C)O)NC(=O)[C@H](CCN)NC(=O)[C@H](CCCCN)NC(=O)[C@H](CC(=O)NCC(=O)OC)NC(=O)[C@@H](CCN)NC(=O)[C@@H](NC(=O)C[C@H](O)CCCCCCCCCCC)COC(=O)[C@H]([C@H](O)CCl)NC(=O)[C@H]([C@H](O)C(=O)O)NC1=O. The van der Waals surface area contributed by atoms with Gasteiger partial charge in [0.2, 0.25) is 53.2 Å². The molecule has 1 aliphatic heterocycles. The van der Waals surface area contributed by atoms with Crippen molar-refractivity contribution in [3.8, 4) is 0 Å². The number of rotatable bonds is 30. The van der Waals surface area contributed by atoms with E-state index in [9.17, 15) is 87.9 Å². The topological polar surface area (TPSA) is 540 Å². The number of cyclic esters (lactones) is 1. The highest BCUT2D eigenvalue weighted by Gasteiger charge is 2.41. The molecule has 21 N–H and O–H groups in total. The van der Waals surface area contributed by atoms with Crippen LogP contribution >= 0.6 is 11.6 Å². The van der Waals surface area contributed by atoms with Crippen LogP contribution in [0.5, 0.6) is 0 Å². The molecule has 88 heavy (non-hydrogen) atoms. The second-order valence-corrected chi connectivity index (χ2v) is 21.1. The monoisotopic (exact) mass is 1280 g/mol. The van der Waals surface area contributed by atoms with E-state index in [-0.39, 0.29) is 51.7 Å². The molecule has 0 saturated carbocycles. The Labute approximate surface area is 515 Å². The number of carboxylic acids is 1. The molecule has 1 rings (SSSR count). The van der Waals surface area contributed by atoms with Gasteiger partial charge in [0.15, 0.2) is 12.1 Å². The number of allylic oxidation sites excluding steroid dienone is 1. The standard InChI is InChI=1S/C54H92ClN13O20/c1-5-7-8-9-10-11-12-13-14-17-30(70)24-39(73)60-36-28-88-54(86)42(37(71)26-55)67-52(83)43(44(75)53(84)85)68-45(76)31(6-2)61-51(82)41(29(3)69)66-48(79)34(20-23-58)63-46(77)32(18-15-16-21-56)62-49(80)35(25-38(72)59-27-40(74)87-4)65-47(78)33(19-22-57)64-50(36)81/h6,29-30,32-37,41-44,69-71,75H,5,7-28,56-58H2,1-4H3,(H,59,72)(H,60,73)(H,61,82)(H,62,80)(H,63,77)(H,64,81)(H,65,78)(H,66,79)(H,67,83)(H,68,76)(H,84,85)/b31-6-/t29-,30+,32-,33+,34-,35-,36-,37+,41-,42-,43-,44-/m0/s1. The van der Waals surface area contributed by atoms with Crippen LogP contribution in [0.2, 0.25) is 0 Å². The molecule has 0 spiro atoms. The number of amides is 10. The lowest BCUT2D eigenvalue weighted by Crippen LogP contribution is -2.62. The molecule has 10 amide bonds. The lowest BCUT2D eigenvalue weighted by molar-refractivity contribution is -0.155. The number of hydrogen-bond acceptors (Lipinski definition) is 22. The van der Waals surface area contributed by atoms with Crippen molar-refractivity contribution < 1.29 is 97.3 Å². The van der Waals surface area contributed by atoms with Crippen molar-refractivity contribution in [2.75, 3.05) is 45.8 Å². The maximum atomic E-state index is 14.3. The molecule has 500 valence electrons. The minimum absolute atomic E-state index is 0.110. The molecule has 0 radical (unpaired) electrons. The van der Waals surface area contributed by atoms with Gasteiger partial charge in [0.25, 0.3) is 5.91 Å². The Morgan fingerprint density at radius 3 is 1.69 bits per heavy atom. The lowest BCUT2D eigenvalue weighted by Gasteiger charge is -2.29. The number of nitrogens with two attached hydrogens (primary N) is 3. The average molecular weight is 1280 g/mol. The molecular weight excluding hydrogens is 1190 g/mol. The number of esters is 2. The first kappa shape index (κ1) is 78.9. The van der Waals surface area contributed by atoms with Gasteiger partial charge in [-0.2, -0.15) is 0 Å². The van der Waals surface area contributed by atoms with Gasteiger partial charge in [0, 0.05) is 0 Å². The van der Waals surface area contributed by atoms with E-state index in [0.717, 1.165) is 71.5 Å². The van der Waals surface area contributed by atoms with E-state index in [1.807, 2.05) is 10.6 Å². The summed E-state index contributed by atoms with van der Waals surface area (Å²) >= 11 is 5.88. The quantitative estimate of drug-likeness (QED) is 0.0138. The van der Waals surface area contributed by atoms with Crippen LogP contribution in [0.15, 0.2) is 11.8 Å². The first-order valence-corrected chi connectivity index (χ1v) is 29.8. The number of ether oxygens (including phenoxy) is 2. The number of carboxylic acid groups (broad SMARTS) is 1. The van der Waals surface area contributed by atoms with Gasteiger partial charge < -0.3 is 105 Å². The van der Waals surface area contributed by atoms with E-state index in [4.69, 9.17) is 33.5 Å². The van der Waals surface area contributed by atoms with Gasteiger partial charge >= 0.3 is 17.9 Å². The summed E-state index contributed by atoms with van der Waals surface area (Å²) in [5, 5.41) is 75.0. The summed E-state index contributed by atoms with van der Waals surface area (Å²) in [5.74, 6) is -18.1. The van der Waals surface area contributed by atoms with Crippen LogP contribution in [0.25, 0.3) is 0 Å². The highest BCUT2D eigenvalue weighted by molar-refractivity contribution is 6.18. The molecule has 34 heteroatoms. The molecule has 1 heterocycles. The molecule has 0 aromatic heterocycles. The molecule has 1 aliphatic rings. The molecule has 0 unspecified atom stereocenters. The van der Waals surface area contributed by atoms with Gasteiger partial charge in [0.05, 0.1) is 44.1 Å². The highest BCUT2D eigenvalue weighted by Crippen LogP contribution is 2.14. The Balaban J connectivity index is 4.13. The lowest BCUT2D eigenvalue weighted by atomic mass is 10.0. The minimum Gasteiger partial charge on any atom is -0.479 e. The molecule has 1 saturated heterocycles. The zero-order chi connectivity index (χ0) is 66.5. The van der Waals surface area contributed by atoms with Gasteiger partial charge in [-0.25, -0.2) is 9.59 Å². The fourth-order valence-electron chi connectivity index (χ4n) is 8.55. The first-order valence-electron chi connectivity index (χ1n) is 29.2. The summed E-state index contributed by atoms with van der Waals surface area (Å²) in [4.78, 5) is 177. The van der Waals surface area contributed by atoms with Crippen LogP contribution < -0.4 is 70.4 Å². The zero-order valence-corrected chi connectivity index (χ0v) is 51.0. The van der Waals surface area contributed by atoms with Gasteiger partial charge in [-0.15, -0.1) is 11.6 Å². The number of alkyl halides is 1. The molecule has 0 bridgehead atoms. The van der Waals surface area contributed by atoms with Gasteiger partial charge in [-0.05, 0) is 72.0 Å². The summed E-state index contributed by atoms with van der Waals surface area (Å²) < 4.78 is 9.86. The Morgan fingerprint density at radius 1 is 0.648 bits per heavy atom. The number of aliphatic hydroxyl groups excluding tert-OH is 4. The van der Waals surface area contributed by atoms with E-state index >= 15 is 0 Å². The maximum absolute atomic E-state index is 14.3. The molecule has 12 atom stereocenters. The minimum atomic E-state index is -2.84. The first-order chi connectivity index (χ1) is 41.7. The van der Waals surface area contributed by atoms with Crippen molar-refractivity contribution in [3.63, 3.8) is 0 Å². The fraction of sp³-hybridized carbons (Fsp3) is 0.722. The second kappa shape index (κ2) is 43.5. The normalized spacial score (nSPS) is 23.7. The third-order valence-electron chi connectivity index (χ3n) is 13.6. The van der Waals surface area contributed by atoms with E-state index in [1.54, 1.807) is 0 Å². The van der Waals surface area contributed by atoms with Crippen LogP contribution in [-0.2, 0) is 71.8 Å². The number of aliphatic carboxylic acids is 1. The third-order valence-corrected chi connectivity index (χ3v) is 13.9. The van der Waals surface area contributed by atoms with Crippen molar-refractivity contribution in [2.45, 2.75) is 203 Å². The number of nitrogens with one attached hydrogen (secondary N) is 10. The Bertz CT molecular complexity index is 2350. The van der Waals surface area contributed by atoms with Crippen LogP contribution in [0.4, 0.5) is 0 Å². The predicted octanol–water partition coefficient (Wildman–Crippen LogP) is -5.95. The number of carbonyl (C=O) groups excluding carboxylic acids is 12. The number of aliphatic hydroxyl groups is 4. The fourth-order valence-corrected chi connectivity index (χ4v) is 8.73. The van der Waals surface area contributed by atoms with E-state index in [0.29, 0.717) is 6.42 Å². The van der Waals surface area contributed by atoms with Crippen LogP contribution in [0.1, 0.15) is 130 Å². The van der Waals surface area contributed by atoms with Crippen molar-refractivity contribution >= 4 is 88.6 Å². The Kier molecular flexibility index (Phi) is 39.0. The van der Waals surface area contributed by atoms with Gasteiger partial charge in [-0.3, -0.25) is 52.7 Å². The number of hydrogen-bond donors (Lipinski definition) is 18. The molecule has 0 aromatic rings. The second-order valence-electron chi connectivity index (χ2n) is 20.8. The van der Waals surface area contributed by atoms with Crippen LogP contribution in [-0.4, -0.2) is 221 Å². The van der Waals surface area contributed by atoms with Crippen LogP contribution in [0, 0.1) is 0 Å². The molecular formula is C54H92ClN13O20. The maximum Gasteiger partial charge on any atom is 0.335 e. The van der Waals surface area contributed by atoms with Crippen molar-refractivity contribution in [1.29, 1.82) is 0 Å². The van der Waals surface area contributed by atoms with E-state index in [2.05, 4.69) is 54.2 Å². The summed E-state index contributed by atoms with van der Waals surface area (Å²) in [6, 6.07) is -15.9. The summed E-state index contributed by atoms with van der Waals surface area (Å²) in [5.41, 5.74) is 16.6. The smallest absolute Gasteiger partial charge is 0.335 e. The Hall–Kier alpha value is -7.14. The largest absolute Gasteiger partial charge is 0.479 e. The average Bonchev–Trinajstić information content (AvgIpc) is 3.25. The molecule has 1 fully saturated rings. The molecule has 33 nitrogen and oxygen atoms in total. The Morgan fingerprint density at radius 2 is 1.17 bits per heavy atom. The zero-order valence-electron chi connectivity index (χ0n) is 50.2. The molecule has 0 aliphatic carbocycles. The van der Waals surface area contributed by atoms with Gasteiger partial charge in [-0.1, -0.05) is 70.8 Å². The number of methoxy groups -OCH3 is 1. The number of halogens is 1. The van der Waals surface area contributed by atoms with Crippen LogP contribution in [0.3, 0.4) is 0 Å². The summed E-state index contributed by atoms with van der Waals surface area (Å²) in [6.45, 7) is 1.85.